The van der Waals surface area contributed by atoms with Gasteiger partial charge in [0.25, 0.3) is 11.5 Å². The molecule has 1 aromatic heterocycles. The Morgan fingerprint density at radius 2 is 1.93 bits per heavy atom. The Morgan fingerprint density at radius 3 is 2.66 bits per heavy atom. The largest absolute Gasteiger partial charge is 0.383 e. The number of H-pyrrole nitrogens is 1. The second-order valence-corrected chi connectivity index (χ2v) is 8.51. The number of likely N-dealkylation sites (tertiary alicyclic amines) is 1. The first kappa shape index (κ1) is 21.6. The Morgan fingerprint density at radius 1 is 1.21 bits per heavy atom. The molecule has 0 aromatic carbocycles. The summed E-state index contributed by atoms with van der Waals surface area (Å²) in [5.74, 6) is 0.720. The van der Waals surface area contributed by atoms with Crippen LogP contribution >= 0.6 is 0 Å². The van der Waals surface area contributed by atoms with Gasteiger partial charge in [-0.1, -0.05) is 19.8 Å². The number of carbonyl (C=O) groups excluding carboxylic acids is 1. The van der Waals surface area contributed by atoms with Crippen molar-refractivity contribution in [1.29, 1.82) is 0 Å². The average Bonchev–Trinajstić information content (AvgIpc) is 2.71. The van der Waals surface area contributed by atoms with E-state index in [1.54, 1.807) is 0 Å². The van der Waals surface area contributed by atoms with Crippen molar-refractivity contribution < 1.29 is 9.69 Å². The van der Waals surface area contributed by atoms with Gasteiger partial charge in [-0.2, -0.15) is 0 Å². The molecule has 3 atom stereocenters. The van der Waals surface area contributed by atoms with Crippen LogP contribution in [0, 0.1) is 5.92 Å². The minimum atomic E-state index is -0.584. The fourth-order valence-electron chi connectivity index (χ4n) is 5.21. The molecule has 1 saturated heterocycles. The Balaban J connectivity index is 1.84. The molecule has 1 amide bonds. The lowest BCUT2D eigenvalue weighted by molar-refractivity contribution is -0.928. The summed E-state index contributed by atoms with van der Waals surface area (Å²) in [5.41, 5.74) is 5.24. The molecule has 0 radical (unpaired) electrons. The summed E-state index contributed by atoms with van der Waals surface area (Å²) in [6.07, 6.45) is 9.10. The minimum Gasteiger partial charge on any atom is -0.383 e. The first-order chi connectivity index (χ1) is 14.0. The summed E-state index contributed by atoms with van der Waals surface area (Å²) < 4.78 is 1.38. The third-order valence-corrected chi connectivity index (χ3v) is 6.72. The van der Waals surface area contributed by atoms with Gasteiger partial charge in [0.05, 0.1) is 12.6 Å². The molecule has 1 unspecified atom stereocenters. The number of hydrogen-bond donors (Lipinski definition) is 3. The maximum Gasteiger partial charge on any atom is 0.330 e. The van der Waals surface area contributed by atoms with E-state index in [1.165, 1.54) is 46.5 Å². The van der Waals surface area contributed by atoms with Crippen LogP contribution in [0.5, 0.6) is 0 Å². The molecule has 8 heteroatoms. The molecule has 29 heavy (non-hydrogen) atoms. The number of nitrogen functional groups attached to an aromatic ring is 1. The third kappa shape index (κ3) is 4.57. The van der Waals surface area contributed by atoms with E-state index in [9.17, 15) is 14.4 Å². The molecule has 162 valence electrons. The third-order valence-electron chi connectivity index (χ3n) is 6.72. The lowest BCUT2D eigenvalue weighted by Crippen LogP contribution is -3.18. The quantitative estimate of drug-likeness (QED) is 0.613. The number of carbonyl (C=O) groups is 1. The van der Waals surface area contributed by atoms with Gasteiger partial charge in [-0.15, -0.1) is 0 Å². The van der Waals surface area contributed by atoms with Crippen LogP contribution in [0.15, 0.2) is 9.59 Å². The molecule has 1 aliphatic heterocycles. The fourth-order valence-corrected chi connectivity index (χ4v) is 5.21. The van der Waals surface area contributed by atoms with E-state index in [1.807, 2.05) is 13.8 Å². The monoisotopic (exact) mass is 406 g/mol. The number of rotatable bonds is 7. The highest BCUT2D eigenvalue weighted by Crippen LogP contribution is 2.28. The first-order valence-electron chi connectivity index (χ1n) is 11.2. The van der Waals surface area contributed by atoms with Gasteiger partial charge >= 0.3 is 5.69 Å². The van der Waals surface area contributed by atoms with Gasteiger partial charge in [-0.05, 0) is 45.4 Å². The molecule has 0 bridgehead atoms. The Kier molecular flexibility index (Phi) is 7.16. The lowest BCUT2D eigenvalue weighted by Gasteiger charge is -2.41. The Hall–Kier alpha value is -2.09. The number of aromatic amines is 1. The van der Waals surface area contributed by atoms with E-state index in [2.05, 4.69) is 4.98 Å². The second-order valence-electron chi connectivity index (χ2n) is 8.51. The second kappa shape index (κ2) is 9.61. The van der Waals surface area contributed by atoms with E-state index in [0.29, 0.717) is 25.7 Å². The topological polar surface area (TPSA) is 106 Å². The summed E-state index contributed by atoms with van der Waals surface area (Å²) in [6, 6.07) is 0.550. The number of unbranched alkanes of at least 4 members (excludes halogenated alkanes) is 1. The molecule has 0 spiro atoms. The van der Waals surface area contributed by atoms with Gasteiger partial charge in [-0.25, -0.2) is 4.79 Å². The van der Waals surface area contributed by atoms with Crippen molar-refractivity contribution in [3.8, 4) is 0 Å². The van der Waals surface area contributed by atoms with Crippen molar-refractivity contribution in [1.82, 2.24) is 9.55 Å². The number of likely N-dealkylation sites (N-methyl/N-ethyl adjacent to an activating group) is 1. The van der Waals surface area contributed by atoms with Crippen LogP contribution < -0.4 is 26.8 Å². The molecule has 2 aliphatic rings. The SMILES string of the molecule is CCCCn1c(N)c(N(CC)C(=O)C[NH+]2CCC[C@@H]3CCCC[C@@H]32)c(=O)[nH]c1=O. The van der Waals surface area contributed by atoms with Crippen molar-refractivity contribution >= 4 is 17.4 Å². The highest BCUT2D eigenvalue weighted by Gasteiger charge is 2.38. The van der Waals surface area contributed by atoms with Crippen molar-refractivity contribution in [2.45, 2.75) is 77.8 Å². The zero-order chi connectivity index (χ0) is 21.0. The van der Waals surface area contributed by atoms with Crippen LogP contribution in [-0.4, -0.2) is 41.1 Å². The summed E-state index contributed by atoms with van der Waals surface area (Å²) in [5, 5.41) is 0. The number of quaternary nitrogens is 1. The number of fused-ring (bicyclic) bond motifs is 1. The predicted molar refractivity (Wildman–Crippen MR) is 114 cm³/mol. The molecule has 1 saturated carbocycles. The zero-order valence-corrected chi connectivity index (χ0v) is 17.8. The van der Waals surface area contributed by atoms with E-state index >= 15 is 0 Å². The number of anilines is 2. The summed E-state index contributed by atoms with van der Waals surface area (Å²) in [6.45, 7) is 6.02. The van der Waals surface area contributed by atoms with Gasteiger partial charge in [0.15, 0.2) is 12.2 Å². The Bertz CT molecular complexity index is 829. The number of nitrogens with two attached hydrogens (primary N) is 1. The van der Waals surface area contributed by atoms with Gasteiger partial charge < -0.3 is 10.6 Å². The molecular formula is C21H36N5O3+. The van der Waals surface area contributed by atoms with Crippen LogP contribution in [0.2, 0.25) is 0 Å². The number of piperidine rings is 1. The van der Waals surface area contributed by atoms with Crippen molar-refractivity contribution in [2.24, 2.45) is 5.92 Å². The standard InChI is InChI=1S/C21H35N5O3/c1-3-5-13-26-19(22)18(20(28)23-21(26)29)25(4-2)17(27)14-24-12-8-10-15-9-6-7-11-16(15)24/h15-16H,3-14,22H2,1-2H3,(H,23,28,29)/p+1/t15-,16-/m0/s1. The van der Waals surface area contributed by atoms with Crippen molar-refractivity contribution in [3.05, 3.63) is 20.8 Å². The number of nitrogens with one attached hydrogen (secondary N) is 2. The fraction of sp³-hybridized carbons (Fsp3) is 0.762. The molecule has 2 heterocycles. The molecule has 3 rings (SSSR count). The zero-order valence-electron chi connectivity index (χ0n) is 17.8. The average molecular weight is 407 g/mol. The maximum absolute atomic E-state index is 13.2. The van der Waals surface area contributed by atoms with Crippen LogP contribution in [0.4, 0.5) is 11.5 Å². The summed E-state index contributed by atoms with van der Waals surface area (Å²) in [4.78, 5) is 43.2. The van der Waals surface area contributed by atoms with Crippen LogP contribution in [0.3, 0.4) is 0 Å². The minimum absolute atomic E-state index is 0.0894. The number of aromatic nitrogens is 2. The lowest BCUT2D eigenvalue weighted by atomic mass is 9.78. The summed E-state index contributed by atoms with van der Waals surface area (Å²) >= 11 is 0. The molecule has 1 aliphatic carbocycles. The van der Waals surface area contributed by atoms with Crippen LogP contribution in [0.1, 0.15) is 65.2 Å². The smallest absolute Gasteiger partial charge is 0.330 e. The van der Waals surface area contributed by atoms with E-state index in [-0.39, 0.29) is 17.4 Å². The van der Waals surface area contributed by atoms with E-state index in [4.69, 9.17) is 5.73 Å². The number of amides is 1. The highest BCUT2D eigenvalue weighted by molar-refractivity contribution is 5.96. The molecular weight excluding hydrogens is 370 g/mol. The van der Waals surface area contributed by atoms with Gasteiger partial charge in [0.2, 0.25) is 0 Å². The van der Waals surface area contributed by atoms with Gasteiger partial charge in [0, 0.05) is 19.0 Å². The van der Waals surface area contributed by atoms with Gasteiger partial charge in [-0.3, -0.25) is 24.0 Å². The van der Waals surface area contributed by atoms with E-state index in [0.717, 1.165) is 31.7 Å². The molecule has 1 aromatic rings. The summed E-state index contributed by atoms with van der Waals surface area (Å²) in [7, 11) is 0. The normalized spacial score (nSPS) is 24.1. The molecule has 2 fully saturated rings. The van der Waals surface area contributed by atoms with Crippen molar-refractivity contribution in [2.75, 3.05) is 30.3 Å². The van der Waals surface area contributed by atoms with Crippen LogP contribution in [0.25, 0.3) is 0 Å². The van der Waals surface area contributed by atoms with Crippen molar-refractivity contribution in [3.63, 3.8) is 0 Å². The maximum atomic E-state index is 13.2. The van der Waals surface area contributed by atoms with Gasteiger partial charge in [0.1, 0.15) is 5.82 Å². The first-order valence-corrected chi connectivity index (χ1v) is 11.2. The number of nitrogens with zero attached hydrogens (tertiary/aromatic N) is 2. The Labute approximate surface area is 172 Å². The predicted octanol–water partition coefficient (Wildman–Crippen LogP) is 0.509. The molecule has 8 nitrogen and oxygen atoms in total. The van der Waals surface area contributed by atoms with E-state index < -0.39 is 11.2 Å². The number of hydrogen-bond acceptors (Lipinski definition) is 4. The van der Waals surface area contributed by atoms with Crippen LogP contribution in [-0.2, 0) is 11.3 Å². The molecule has 4 N–H and O–H groups in total. The highest BCUT2D eigenvalue weighted by atomic mass is 16.2.